The van der Waals surface area contributed by atoms with Gasteiger partial charge in [-0.3, -0.25) is 5.10 Å². The van der Waals surface area contributed by atoms with Crippen LogP contribution >= 0.6 is 11.6 Å². The highest BCUT2D eigenvalue weighted by molar-refractivity contribution is 6.32. The number of hydrogen-bond acceptors (Lipinski definition) is 4. The van der Waals surface area contributed by atoms with E-state index < -0.39 is 0 Å². The topological polar surface area (TPSA) is 76.8 Å². The average molecular weight is 253 g/mol. The van der Waals surface area contributed by atoms with Gasteiger partial charge in [0.1, 0.15) is 11.6 Å². The number of nitrogens with two attached hydrogens (primary N) is 1. The molecule has 17 heavy (non-hydrogen) atoms. The standard InChI is InChI=1S/C11H13ClN4O/c1-17-9-4-2-7(6-8(9)12)3-5-10-14-11(13)16-15-10/h2,4,6H,3,5H2,1H3,(H3,13,14,15,16). The number of nitrogen functional groups attached to an aromatic ring is 1. The lowest BCUT2D eigenvalue weighted by Gasteiger charge is -2.05. The van der Waals surface area contributed by atoms with Crippen molar-refractivity contribution in [2.24, 2.45) is 0 Å². The van der Waals surface area contributed by atoms with E-state index in [1.54, 1.807) is 7.11 Å². The number of anilines is 1. The first-order chi connectivity index (χ1) is 8.19. The number of ether oxygens (including phenoxy) is 1. The van der Waals surface area contributed by atoms with E-state index in [1.807, 2.05) is 18.2 Å². The lowest BCUT2D eigenvalue weighted by Crippen LogP contribution is -1.95. The van der Waals surface area contributed by atoms with Gasteiger partial charge in [-0.25, -0.2) is 0 Å². The third kappa shape index (κ3) is 2.88. The van der Waals surface area contributed by atoms with Crippen LogP contribution in [0.5, 0.6) is 5.75 Å². The van der Waals surface area contributed by atoms with Gasteiger partial charge in [-0.1, -0.05) is 17.7 Å². The number of nitrogens with zero attached hydrogens (tertiary/aromatic N) is 2. The molecule has 0 aliphatic heterocycles. The van der Waals surface area contributed by atoms with Gasteiger partial charge in [0.15, 0.2) is 0 Å². The van der Waals surface area contributed by atoms with Crippen molar-refractivity contribution >= 4 is 17.5 Å². The predicted octanol–water partition coefficient (Wildman–Crippen LogP) is 1.83. The highest BCUT2D eigenvalue weighted by atomic mass is 35.5. The molecule has 1 aromatic heterocycles. The minimum absolute atomic E-state index is 0.271. The SMILES string of the molecule is COc1ccc(CCc2nc(N)n[nH]2)cc1Cl. The second-order valence-electron chi connectivity index (χ2n) is 3.61. The first-order valence-corrected chi connectivity index (χ1v) is 5.56. The predicted molar refractivity (Wildman–Crippen MR) is 66.2 cm³/mol. The molecule has 0 saturated carbocycles. The molecule has 6 heteroatoms. The van der Waals surface area contributed by atoms with E-state index in [1.165, 1.54) is 0 Å². The number of aromatic amines is 1. The van der Waals surface area contributed by atoms with Gasteiger partial charge in [0.25, 0.3) is 0 Å². The number of aryl methyl sites for hydroxylation is 2. The van der Waals surface area contributed by atoms with Crippen molar-refractivity contribution in [1.82, 2.24) is 15.2 Å². The summed E-state index contributed by atoms with van der Waals surface area (Å²) in [6.45, 7) is 0. The summed E-state index contributed by atoms with van der Waals surface area (Å²) in [5.74, 6) is 1.72. The summed E-state index contributed by atoms with van der Waals surface area (Å²) in [5, 5.41) is 7.15. The molecule has 0 unspecified atom stereocenters. The molecule has 2 rings (SSSR count). The van der Waals surface area contributed by atoms with Crippen LogP contribution in [0, 0.1) is 0 Å². The molecule has 0 aliphatic carbocycles. The van der Waals surface area contributed by atoms with Crippen LogP contribution in [0.1, 0.15) is 11.4 Å². The van der Waals surface area contributed by atoms with Crippen molar-refractivity contribution in [3.63, 3.8) is 0 Å². The summed E-state index contributed by atoms with van der Waals surface area (Å²) < 4.78 is 5.09. The van der Waals surface area contributed by atoms with E-state index in [0.717, 1.165) is 24.2 Å². The Morgan fingerprint density at radius 2 is 2.24 bits per heavy atom. The van der Waals surface area contributed by atoms with Gasteiger partial charge in [-0.2, -0.15) is 4.98 Å². The molecule has 5 nitrogen and oxygen atoms in total. The number of aromatic nitrogens is 3. The molecule has 0 amide bonds. The van der Waals surface area contributed by atoms with E-state index in [0.29, 0.717) is 10.8 Å². The molecule has 0 spiro atoms. The average Bonchev–Trinajstić information content (AvgIpc) is 2.73. The zero-order valence-electron chi connectivity index (χ0n) is 9.40. The Hall–Kier alpha value is -1.75. The van der Waals surface area contributed by atoms with Gasteiger partial charge in [0, 0.05) is 6.42 Å². The largest absolute Gasteiger partial charge is 0.495 e. The molecule has 0 radical (unpaired) electrons. The maximum Gasteiger partial charge on any atom is 0.239 e. The van der Waals surface area contributed by atoms with Gasteiger partial charge in [-0.15, -0.1) is 5.10 Å². The van der Waals surface area contributed by atoms with Crippen LogP contribution in [0.2, 0.25) is 5.02 Å². The van der Waals surface area contributed by atoms with Crippen molar-refractivity contribution in [2.45, 2.75) is 12.8 Å². The van der Waals surface area contributed by atoms with E-state index in [-0.39, 0.29) is 5.95 Å². The Bertz CT molecular complexity index is 512. The minimum Gasteiger partial charge on any atom is -0.495 e. The lowest BCUT2D eigenvalue weighted by atomic mass is 10.1. The molecule has 90 valence electrons. The normalized spacial score (nSPS) is 10.5. The zero-order chi connectivity index (χ0) is 12.3. The summed E-state index contributed by atoms with van der Waals surface area (Å²) in [5.41, 5.74) is 6.53. The number of H-pyrrole nitrogens is 1. The van der Waals surface area contributed by atoms with Gasteiger partial charge in [-0.05, 0) is 24.1 Å². The highest BCUT2D eigenvalue weighted by Crippen LogP contribution is 2.25. The summed E-state index contributed by atoms with van der Waals surface area (Å²) in [6, 6.07) is 5.72. The number of rotatable bonds is 4. The fraction of sp³-hybridized carbons (Fsp3) is 0.273. The first kappa shape index (κ1) is 11.7. The molecule has 0 aliphatic rings. The smallest absolute Gasteiger partial charge is 0.239 e. The van der Waals surface area contributed by atoms with Gasteiger partial charge >= 0.3 is 0 Å². The quantitative estimate of drug-likeness (QED) is 0.870. The van der Waals surface area contributed by atoms with E-state index >= 15 is 0 Å². The molecular weight excluding hydrogens is 240 g/mol. The van der Waals surface area contributed by atoms with Crippen molar-refractivity contribution in [2.75, 3.05) is 12.8 Å². The van der Waals surface area contributed by atoms with Crippen LogP contribution in [-0.4, -0.2) is 22.3 Å². The summed E-state index contributed by atoms with van der Waals surface area (Å²) in [7, 11) is 1.60. The molecule has 0 atom stereocenters. The Morgan fingerprint density at radius 3 is 2.82 bits per heavy atom. The van der Waals surface area contributed by atoms with Crippen LogP contribution in [0.15, 0.2) is 18.2 Å². The van der Waals surface area contributed by atoms with Gasteiger partial charge in [0.05, 0.1) is 12.1 Å². The first-order valence-electron chi connectivity index (χ1n) is 5.18. The Labute approximate surface area is 104 Å². The zero-order valence-corrected chi connectivity index (χ0v) is 10.2. The molecule has 1 heterocycles. The summed E-state index contributed by atoms with van der Waals surface area (Å²) in [6.07, 6.45) is 1.56. The number of halogens is 1. The number of nitrogens with one attached hydrogen (secondary N) is 1. The number of benzene rings is 1. The number of hydrogen-bond donors (Lipinski definition) is 2. The lowest BCUT2D eigenvalue weighted by molar-refractivity contribution is 0.415. The second kappa shape index (κ2) is 5.05. The maximum absolute atomic E-state index is 6.03. The summed E-state index contributed by atoms with van der Waals surface area (Å²) >= 11 is 6.03. The van der Waals surface area contributed by atoms with Crippen molar-refractivity contribution < 1.29 is 4.74 Å². The van der Waals surface area contributed by atoms with E-state index in [2.05, 4.69) is 15.2 Å². The third-order valence-electron chi connectivity index (χ3n) is 2.42. The van der Waals surface area contributed by atoms with Gasteiger partial charge in [0.2, 0.25) is 5.95 Å². The van der Waals surface area contributed by atoms with Crippen LogP contribution in [0.3, 0.4) is 0 Å². The second-order valence-corrected chi connectivity index (χ2v) is 4.02. The third-order valence-corrected chi connectivity index (χ3v) is 2.71. The Morgan fingerprint density at radius 1 is 1.41 bits per heavy atom. The van der Waals surface area contributed by atoms with Crippen LogP contribution in [0.4, 0.5) is 5.95 Å². The molecule has 3 N–H and O–H groups in total. The molecule has 2 aromatic rings. The Balaban J connectivity index is 2.02. The molecule has 0 bridgehead atoms. The molecular formula is C11H13ClN4O. The van der Waals surface area contributed by atoms with Crippen LogP contribution in [-0.2, 0) is 12.8 Å². The minimum atomic E-state index is 0.271. The molecule has 0 fully saturated rings. The molecule has 0 saturated heterocycles. The van der Waals surface area contributed by atoms with Crippen LogP contribution in [0.25, 0.3) is 0 Å². The van der Waals surface area contributed by atoms with Crippen molar-refractivity contribution in [3.05, 3.63) is 34.6 Å². The maximum atomic E-state index is 6.03. The molecule has 1 aromatic carbocycles. The highest BCUT2D eigenvalue weighted by Gasteiger charge is 2.04. The van der Waals surface area contributed by atoms with Crippen molar-refractivity contribution in [3.8, 4) is 5.75 Å². The number of methoxy groups -OCH3 is 1. The van der Waals surface area contributed by atoms with Crippen molar-refractivity contribution in [1.29, 1.82) is 0 Å². The Kier molecular flexibility index (Phi) is 3.49. The van der Waals surface area contributed by atoms with E-state index in [9.17, 15) is 0 Å². The summed E-state index contributed by atoms with van der Waals surface area (Å²) in [4.78, 5) is 4.04. The van der Waals surface area contributed by atoms with Crippen LogP contribution < -0.4 is 10.5 Å². The van der Waals surface area contributed by atoms with E-state index in [4.69, 9.17) is 22.1 Å². The fourth-order valence-corrected chi connectivity index (χ4v) is 1.83. The monoisotopic (exact) mass is 252 g/mol. The fourth-order valence-electron chi connectivity index (χ4n) is 1.55. The van der Waals surface area contributed by atoms with Gasteiger partial charge < -0.3 is 10.5 Å².